The lowest BCUT2D eigenvalue weighted by Gasteiger charge is -2.21. The fraction of sp³-hybridized carbons (Fsp3) is 0.400. The Kier molecular flexibility index (Phi) is 4.99. The predicted molar refractivity (Wildman–Crippen MR) is 101 cm³/mol. The lowest BCUT2D eigenvalue weighted by molar-refractivity contribution is 0.171. The zero-order valence-corrected chi connectivity index (χ0v) is 16.4. The first-order valence-electron chi connectivity index (χ1n) is 8.69. The van der Waals surface area contributed by atoms with Crippen LogP contribution in [0.2, 0.25) is 0 Å². The molecule has 6 heteroatoms. The third kappa shape index (κ3) is 4.02. The average Bonchev–Trinajstić information content (AvgIpc) is 2.60. The topological polar surface area (TPSA) is 64.6 Å². The van der Waals surface area contributed by atoms with Gasteiger partial charge in [0.1, 0.15) is 13.2 Å². The molecule has 26 heavy (non-hydrogen) atoms. The highest BCUT2D eigenvalue weighted by Gasteiger charge is 2.22. The van der Waals surface area contributed by atoms with Gasteiger partial charge in [0.05, 0.1) is 4.90 Å². The molecule has 0 saturated carbocycles. The third-order valence-electron chi connectivity index (χ3n) is 4.43. The van der Waals surface area contributed by atoms with E-state index in [4.69, 9.17) is 9.47 Å². The quantitative estimate of drug-likeness (QED) is 0.883. The minimum Gasteiger partial charge on any atom is -0.486 e. The van der Waals surface area contributed by atoms with Gasteiger partial charge < -0.3 is 9.47 Å². The summed E-state index contributed by atoms with van der Waals surface area (Å²) in [5.41, 5.74) is 2.19. The van der Waals surface area contributed by atoms with E-state index in [1.807, 2.05) is 31.2 Å². The first-order chi connectivity index (χ1) is 12.2. The Hall–Kier alpha value is -2.05. The largest absolute Gasteiger partial charge is 0.486 e. The molecule has 3 rings (SSSR count). The Morgan fingerprint density at radius 1 is 0.962 bits per heavy atom. The number of hydrogen-bond acceptors (Lipinski definition) is 4. The van der Waals surface area contributed by atoms with Gasteiger partial charge in [-0.1, -0.05) is 45.0 Å². The highest BCUT2D eigenvalue weighted by Crippen LogP contribution is 2.32. The summed E-state index contributed by atoms with van der Waals surface area (Å²) in [6.45, 7) is 9.17. The summed E-state index contributed by atoms with van der Waals surface area (Å²) in [4.78, 5) is 0.167. The van der Waals surface area contributed by atoms with Crippen LogP contribution in [0.4, 0.5) is 0 Å². The fourth-order valence-electron chi connectivity index (χ4n) is 2.83. The molecule has 0 radical (unpaired) electrons. The van der Waals surface area contributed by atoms with Crippen molar-refractivity contribution in [1.82, 2.24) is 4.72 Å². The van der Waals surface area contributed by atoms with Crippen molar-refractivity contribution in [2.75, 3.05) is 13.2 Å². The molecule has 1 atom stereocenters. The van der Waals surface area contributed by atoms with Crippen molar-refractivity contribution in [1.29, 1.82) is 0 Å². The van der Waals surface area contributed by atoms with E-state index in [0.29, 0.717) is 24.7 Å². The number of benzene rings is 2. The molecule has 1 aliphatic heterocycles. The van der Waals surface area contributed by atoms with Crippen LogP contribution in [0, 0.1) is 0 Å². The van der Waals surface area contributed by atoms with Gasteiger partial charge in [0.15, 0.2) is 11.5 Å². The second-order valence-electron chi connectivity index (χ2n) is 7.52. The van der Waals surface area contributed by atoms with E-state index in [-0.39, 0.29) is 16.4 Å². The molecule has 5 nitrogen and oxygen atoms in total. The van der Waals surface area contributed by atoms with Crippen molar-refractivity contribution in [2.45, 2.75) is 44.0 Å². The van der Waals surface area contributed by atoms with Crippen LogP contribution in [0.15, 0.2) is 47.4 Å². The zero-order valence-electron chi connectivity index (χ0n) is 15.6. The van der Waals surface area contributed by atoms with Crippen molar-refractivity contribution in [3.8, 4) is 11.5 Å². The maximum absolute atomic E-state index is 12.7. The van der Waals surface area contributed by atoms with Crippen LogP contribution < -0.4 is 14.2 Å². The van der Waals surface area contributed by atoms with Crippen molar-refractivity contribution in [3.63, 3.8) is 0 Å². The Labute approximate surface area is 155 Å². The first-order valence-corrected chi connectivity index (χ1v) is 10.2. The number of rotatable bonds is 4. The van der Waals surface area contributed by atoms with Crippen molar-refractivity contribution in [2.24, 2.45) is 0 Å². The van der Waals surface area contributed by atoms with E-state index in [0.717, 1.165) is 5.56 Å². The van der Waals surface area contributed by atoms with Crippen molar-refractivity contribution in [3.05, 3.63) is 53.6 Å². The summed E-state index contributed by atoms with van der Waals surface area (Å²) in [5.74, 6) is 1.03. The molecule has 2 aromatic rings. The summed E-state index contributed by atoms with van der Waals surface area (Å²) in [6.07, 6.45) is 0. The summed E-state index contributed by atoms with van der Waals surface area (Å²) in [5, 5.41) is 0. The van der Waals surface area contributed by atoms with Gasteiger partial charge in [-0.3, -0.25) is 0 Å². The lowest BCUT2D eigenvalue weighted by Crippen LogP contribution is -2.27. The van der Waals surface area contributed by atoms with Gasteiger partial charge in [-0.2, -0.15) is 0 Å². The zero-order chi connectivity index (χ0) is 18.9. The third-order valence-corrected chi connectivity index (χ3v) is 5.97. The van der Waals surface area contributed by atoms with Gasteiger partial charge in [0.25, 0.3) is 0 Å². The molecular weight excluding hydrogens is 350 g/mol. The molecule has 0 saturated heterocycles. The molecule has 0 spiro atoms. The second kappa shape index (κ2) is 6.93. The van der Waals surface area contributed by atoms with E-state index in [9.17, 15) is 8.42 Å². The van der Waals surface area contributed by atoms with Crippen LogP contribution in [-0.4, -0.2) is 21.6 Å². The number of ether oxygens (including phenoxy) is 2. The minimum absolute atomic E-state index is 0.0620. The highest BCUT2D eigenvalue weighted by molar-refractivity contribution is 7.89. The molecule has 0 bridgehead atoms. The molecular formula is C20H25NO4S. The minimum atomic E-state index is -3.67. The summed E-state index contributed by atoms with van der Waals surface area (Å²) in [6, 6.07) is 12.4. The molecule has 1 N–H and O–H groups in total. The molecule has 0 fully saturated rings. The monoisotopic (exact) mass is 375 g/mol. The summed E-state index contributed by atoms with van der Waals surface area (Å²) >= 11 is 0. The van der Waals surface area contributed by atoms with Crippen LogP contribution in [0.1, 0.15) is 44.9 Å². The SMILES string of the molecule is C[C@@H](NS(=O)(=O)c1ccc2c(c1)OCCO2)c1ccc(C(C)(C)C)cc1. The van der Waals surface area contributed by atoms with Gasteiger partial charge in [-0.05, 0) is 35.6 Å². The number of sulfonamides is 1. The fourth-order valence-corrected chi connectivity index (χ4v) is 4.08. The Balaban J connectivity index is 1.78. The molecule has 140 valence electrons. The van der Waals surface area contributed by atoms with Gasteiger partial charge in [-0.15, -0.1) is 0 Å². The standard InChI is InChI=1S/C20H25NO4S/c1-14(15-5-7-16(8-6-15)20(2,3)4)21-26(22,23)17-9-10-18-19(13-17)25-12-11-24-18/h5-10,13-14,21H,11-12H2,1-4H3/t14-/m1/s1. The van der Waals surface area contributed by atoms with Crippen molar-refractivity contribution >= 4 is 10.0 Å². The molecule has 0 aliphatic carbocycles. The van der Waals surface area contributed by atoms with Gasteiger partial charge in [0, 0.05) is 12.1 Å². The van der Waals surface area contributed by atoms with E-state index < -0.39 is 10.0 Å². The second-order valence-corrected chi connectivity index (χ2v) is 9.23. The van der Waals surface area contributed by atoms with E-state index >= 15 is 0 Å². The smallest absolute Gasteiger partial charge is 0.241 e. The molecule has 1 heterocycles. The maximum atomic E-state index is 12.7. The van der Waals surface area contributed by atoms with Crippen LogP contribution in [0.5, 0.6) is 11.5 Å². The van der Waals surface area contributed by atoms with Crippen LogP contribution in [0.3, 0.4) is 0 Å². The van der Waals surface area contributed by atoms with E-state index in [2.05, 4.69) is 25.5 Å². The summed E-state index contributed by atoms with van der Waals surface area (Å²) in [7, 11) is -3.67. The summed E-state index contributed by atoms with van der Waals surface area (Å²) < 4.78 is 39.1. The Morgan fingerprint density at radius 2 is 1.58 bits per heavy atom. The Morgan fingerprint density at radius 3 is 2.19 bits per heavy atom. The lowest BCUT2D eigenvalue weighted by atomic mass is 9.86. The number of nitrogens with one attached hydrogen (secondary N) is 1. The maximum Gasteiger partial charge on any atom is 0.241 e. The predicted octanol–water partition coefficient (Wildman–Crippen LogP) is 3.79. The molecule has 2 aromatic carbocycles. The molecule has 0 amide bonds. The molecule has 1 aliphatic rings. The number of fused-ring (bicyclic) bond motifs is 1. The molecule has 0 aromatic heterocycles. The van der Waals surface area contributed by atoms with Crippen molar-refractivity contribution < 1.29 is 17.9 Å². The highest BCUT2D eigenvalue weighted by atomic mass is 32.2. The molecule has 0 unspecified atom stereocenters. The first kappa shape index (κ1) is 18.7. The average molecular weight is 375 g/mol. The van der Waals surface area contributed by atoms with Gasteiger partial charge >= 0.3 is 0 Å². The van der Waals surface area contributed by atoms with Crippen LogP contribution >= 0.6 is 0 Å². The van der Waals surface area contributed by atoms with Gasteiger partial charge in [0.2, 0.25) is 10.0 Å². The number of hydrogen-bond donors (Lipinski definition) is 1. The van der Waals surface area contributed by atoms with Gasteiger partial charge in [-0.25, -0.2) is 13.1 Å². The van der Waals surface area contributed by atoms with Crippen LogP contribution in [0.25, 0.3) is 0 Å². The Bertz CT molecular complexity index is 883. The van der Waals surface area contributed by atoms with E-state index in [1.165, 1.54) is 17.7 Å². The van der Waals surface area contributed by atoms with E-state index in [1.54, 1.807) is 6.07 Å². The van der Waals surface area contributed by atoms with Crippen LogP contribution in [-0.2, 0) is 15.4 Å². The normalized spacial score (nSPS) is 15.5.